The van der Waals surface area contributed by atoms with Gasteiger partial charge in [0.2, 0.25) is 0 Å². The van der Waals surface area contributed by atoms with Crippen molar-refractivity contribution in [1.29, 1.82) is 0 Å². The number of hydrogen-bond acceptors (Lipinski definition) is 13. The van der Waals surface area contributed by atoms with Crippen LogP contribution in [-0.2, 0) is 45.7 Å². The lowest BCUT2D eigenvalue weighted by atomic mass is 9.77. The predicted octanol–water partition coefficient (Wildman–Crippen LogP) is 20.8. The number of unbranched alkanes of at least 4 members (excludes halogenated alkanes) is 19. The van der Waals surface area contributed by atoms with E-state index in [1.807, 2.05) is 200 Å². The van der Waals surface area contributed by atoms with Crippen LogP contribution >= 0.6 is 7.75 Å². The monoisotopic (exact) mass is 1450 g/mol. The van der Waals surface area contributed by atoms with E-state index in [4.69, 9.17) is 44.1 Å². The molecule has 0 bridgehead atoms. The number of imidazole rings is 1. The maximum absolute atomic E-state index is 16.9. The molecule has 10 aromatic rings. The molecule has 2 aromatic heterocycles. The summed E-state index contributed by atoms with van der Waals surface area (Å²) in [4.78, 5) is 28.6. The molecule has 15 nitrogen and oxygen atoms in total. The van der Waals surface area contributed by atoms with Crippen LogP contribution in [0, 0.1) is 18.4 Å². The number of nitrogens with zero attached hydrogens (tertiary/aromatic N) is 4. The number of methoxy groups -OCH3 is 2. The lowest BCUT2D eigenvalue weighted by Crippen LogP contribution is -2.49. The fourth-order valence-corrected chi connectivity index (χ4v) is 16.0. The number of benzene rings is 8. The first-order chi connectivity index (χ1) is 52.0. The molecule has 1 unspecified atom stereocenters. The Morgan fingerprint density at radius 3 is 1.50 bits per heavy atom. The van der Waals surface area contributed by atoms with E-state index in [9.17, 15) is 4.79 Å². The Morgan fingerprint density at radius 2 is 1.02 bits per heavy atom. The van der Waals surface area contributed by atoms with Gasteiger partial charge in [-0.3, -0.25) is 13.9 Å². The highest BCUT2D eigenvalue weighted by Gasteiger charge is 2.56. The molecule has 8 aromatic carbocycles. The normalized spacial score (nSPS) is 16.0. The number of esters is 1. The number of nitrogens with one attached hydrogen (secondary N) is 2. The Kier molecular flexibility index (Phi) is 28.7. The summed E-state index contributed by atoms with van der Waals surface area (Å²) in [6, 6.07) is 71.2. The first-order valence-electron chi connectivity index (χ1n) is 38.0. The SMILES string of the molecule is C#C[C@]1(COP(=O)(N[C@@H](Cc2ccccc2)C(=O)OCCCCCCCCCCCCCCCCCCCCCC)Oc2ccccc2)O[C@@H](n2cnc3c(NC(c4ccccc4)(c4ccccc4)c4ccc(OC)cc4)nc(F)nc32)C[C@@H]1OC(c1ccccc1)(c1ccccc1)c1ccc(OC)cc1. The van der Waals surface area contributed by atoms with Gasteiger partial charge in [0.15, 0.2) is 22.6 Å². The van der Waals surface area contributed by atoms with Gasteiger partial charge in [0.05, 0.1) is 27.2 Å². The molecule has 3 heterocycles. The number of fused-ring (bicyclic) bond motifs is 1. The predicted molar refractivity (Wildman–Crippen MR) is 418 cm³/mol. The quantitative estimate of drug-likeness (QED) is 0.00925. The fourth-order valence-electron chi connectivity index (χ4n) is 14.5. The minimum atomic E-state index is -4.77. The second kappa shape index (κ2) is 39.2. The molecule has 106 heavy (non-hydrogen) atoms. The molecule has 0 amide bonds. The third kappa shape index (κ3) is 20.0. The summed E-state index contributed by atoms with van der Waals surface area (Å²) < 4.78 is 80.6. The summed E-state index contributed by atoms with van der Waals surface area (Å²) in [6.45, 7) is 1.79. The number of carbonyl (C=O) groups is 1. The van der Waals surface area contributed by atoms with Gasteiger partial charge in [-0.15, -0.1) is 6.42 Å². The van der Waals surface area contributed by atoms with Crippen LogP contribution in [0.15, 0.2) is 237 Å². The van der Waals surface area contributed by atoms with Gasteiger partial charge in [-0.05, 0) is 88.2 Å². The number of terminal acetylenes is 1. The van der Waals surface area contributed by atoms with Crippen LogP contribution in [0.1, 0.15) is 187 Å². The van der Waals surface area contributed by atoms with E-state index >= 15 is 8.96 Å². The second-order valence-corrected chi connectivity index (χ2v) is 29.2. The highest BCUT2D eigenvalue weighted by Crippen LogP contribution is 2.52. The van der Waals surface area contributed by atoms with Gasteiger partial charge < -0.3 is 33.5 Å². The van der Waals surface area contributed by atoms with Gasteiger partial charge in [0.1, 0.15) is 53.4 Å². The summed E-state index contributed by atoms with van der Waals surface area (Å²) in [5, 5.41) is 6.78. The highest BCUT2D eigenvalue weighted by molar-refractivity contribution is 7.52. The minimum Gasteiger partial charge on any atom is -0.497 e. The van der Waals surface area contributed by atoms with E-state index in [1.165, 1.54) is 109 Å². The average molecular weight is 1450 g/mol. The van der Waals surface area contributed by atoms with Gasteiger partial charge in [-0.1, -0.05) is 329 Å². The van der Waals surface area contributed by atoms with Crippen LogP contribution in [0.5, 0.6) is 17.2 Å². The smallest absolute Gasteiger partial charge is 0.459 e. The van der Waals surface area contributed by atoms with Crippen molar-refractivity contribution in [2.75, 3.05) is 32.8 Å². The average Bonchev–Trinajstić information content (AvgIpc) is 1.46. The first kappa shape index (κ1) is 77.6. The Balaban J connectivity index is 0.884. The number of anilines is 1. The first-order valence-corrected chi connectivity index (χ1v) is 39.6. The van der Waals surface area contributed by atoms with Gasteiger partial charge in [-0.25, -0.2) is 9.55 Å². The number of para-hydroxylation sites is 1. The van der Waals surface area contributed by atoms with Crippen molar-refractivity contribution in [2.45, 2.75) is 183 Å². The highest BCUT2D eigenvalue weighted by atomic mass is 31.2. The topological polar surface area (TPSA) is 166 Å². The Hall–Kier alpha value is -9.46. The number of aromatic nitrogens is 4. The molecule has 2 N–H and O–H groups in total. The molecule has 1 aliphatic rings. The third-order valence-electron chi connectivity index (χ3n) is 20.2. The van der Waals surface area contributed by atoms with E-state index in [0.29, 0.717) is 23.5 Å². The molecule has 1 fully saturated rings. The zero-order chi connectivity index (χ0) is 73.7. The Bertz CT molecular complexity index is 4270. The maximum atomic E-state index is 16.9. The van der Waals surface area contributed by atoms with Crippen LogP contribution in [0.4, 0.5) is 10.2 Å². The van der Waals surface area contributed by atoms with Crippen LogP contribution in [0.2, 0.25) is 0 Å². The van der Waals surface area contributed by atoms with Crippen molar-refractivity contribution in [2.24, 2.45) is 0 Å². The van der Waals surface area contributed by atoms with Crippen molar-refractivity contribution in [1.82, 2.24) is 24.6 Å². The lowest BCUT2D eigenvalue weighted by Gasteiger charge is -2.41. The molecule has 554 valence electrons. The standard InChI is InChI=1S/C89H102FN6O9P/c1-5-7-8-9-10-11-12-13-14-15-16-17-18-19-20-21-22-23-24-43-64-101-85(97)79(65-69-44-31-25-32-45-69)95-106(98,105-78-54-41-30-42-55-78)102-67-87(6-2)80(103-89(73-50-37-28-38-51-73,74-52-39-29-40-53-74)75-58-62-77(100-4)63-59-75)66-81(104-87)96-68-91-82-83(92-86(90)93-84(82)96)94-88(70-46-33-26-34-47-70,71-48-35-27-36-49-71)72-56-60-76(99-3)61-57-72/h2,25-42,44-63,68,79-81H,5,7-24,43,64-67H2,1,3-4H3,(H,95,98)(H,92,93,94)/t79-,80-,81+,87+,106?/m0/s1. The Morgan fingerprint density at radius 1 is 0.585 bits per heavy atom. The molecule has 0 radical (unpaired) electrons. The fraction of sp³-hybridized carbons (Fsp3) is 0.371. The summed E-state index contributed by atoms with van der Waals surface area (Å²) in [5.74, 6) is 3.85. The molecule has 0 spiro atoms. The van der Waals surface area contributed by atoms with Crippen LogP contribution in [-0.4, -0.2) is 70.7 Å². The van der Waals surface area contributed by atoms with Crippen molar-refractivity contribution < 1.29 is 46.5 Å². The van der Waals surface area contributed by atoms with Crippen LogP contribution < -0.4 is 24.4 Å². The van der Waals surface area contributed by atoms with E-state index in [2.05, 4.69) is 33.2 Å². The summed E-state index contributed by atoms with van der Waals surface area (Å²) in [5.41, 5.74) is 0.984. The van der Waals surface area contributed by atoms with Crippen molar-refractivity contribution in [3.63, 3.8) is 0 Å². The third-order valence-corrected chi connectivity index (χ3v) is 21.7. The molecular formula is C89H102FN6O9P. The van der Waals surface area contributed by atoms with E-state index in [0.717, 1.165) is 52.6 Å². The van der Waals surface area contributed by atoms with Crippen molar-refractivity contribution in [3.05, 3.63) is 282 Å². The van der Waals surface area contributed by atoms with Crippen molar-refractivity contribution >= 4 is 30.7 Å². The van der Waals surface area contributed by atoms with Gasteiger partial charge >= 0.3 is 19.8 Å². The molecule has 0 aliphatic carbocycles. The van der Waals surface area contributed by atoms with E-state index < -0.39 is 61.5 Å². The minimum absolute atomic E-state index is 0.0471. The molecule has 0 saturated carbocycles. The van der Waals surface area contributed by atoms with E-state index in [1.54, 1.807) is 49.1 Å². The molecule has 1 saturated heterocycles. The molecular weight excluding hydrogens is 1350 g/mol. The molecule has 1 aliphatic heterocycles. The van der Waals surface area contributed by atoms with Gasteiger partial charge in [0, 0.05) is 6.42 Å². The number of rotatable bonds is 44. The molecule has 5 atom stereocenters. The zero-order valence-corrected chi connectivity index (χ0v) is 62.5. The number of halogens is 1. The van der Waals surface area contributed by atoms with E-state index in [-0.39, 0.29) is 42.2 Å². The largest absolute Gasteiger partial charge is 0.497 e. The van der Waals surface area contributed by atoms with Crippen LogP contribution in [0.3, 0.4) is 0 Å². The number of hydrogen-bond donors (Lipinski definition) is 2. The second-order valence-electron chi connectivity index (χ2n) is 27.5. The van der Waals surface area contributed by atoms with Crippen LogP contribution in [0.25, 0.3) is 11.2 Å². The molecule has 17 heteroatoms. The molecule has 11 rings (SSSR count). The summed E-state index contributed by atoms with van der Waals surface area (Å²) >= 11 is 0. The number of carbonyl (C=O) groups excluding carboxylic acids is 1. The number of ether oxygens (including phenoxy) is 5. The van der Waals surface area contributed by atoms with Crippen molar-refractivity contribution in [3.8, 4) is 29.6 Å². The summed E-state index contributed by atoms with van der Waals surface area (Å²) in [7, 11) is -1.55. The summed E-state index contributed by atoms with van der Waals surface area (Å²) in [6.07, 6.45) is 30.2. The van der Waals surface area contributed by atoms with Gasteiger partial charge in [0.25, 0.3) is 0 Å². The zero-order valence-electron chi connectivity index (χ0n) is 61.6. The lowest BCUT2D eigenvalue weighted by molar-refractivity contribution is -0.146. The Labute approximate surface area is 626 Å². The van der Waals surface area contributed by atoms with Gasteiger partial charge in [-0.2, -0.15) is 19.4 Å². The maximum Gasteiger partial charge on any atom is 0.459 e.